The van der Waals surface area contributed by atoms with Crippen LogP contribution >= 0.6 is 0 Å². The smallest absolute Gasteiger partial charge is 0.0875 e. The predicted molar refractivity (Wildman–Crippen MR) is 46.5 cm³/mol. The molecule has 0 atom stereocenters. The van der Waals surface area contributed by atoms with Gasteiger partial charge in [-0.05, 0) is 12.8 Å². The van der Waals surface area contributed by atoms with Crippen molar-refractivity contribution in [1.29, 1.82) is 0 Å². The molecule has 0 spiro atoms. The lowest BCUT2D eigenvalue weighted by Crippen LogP contribution is -2.32. The summed E-state index contributed by atoms with van der Waals surface area (Å²) in [5.74, 6) is 0. The van der Waals surface area contributed by atoms with Gasteiger partial charge in [-0.25, -0.2) is 0 Å². The molecule has 11 heavy (non-hydrogen) atoms. The number of aliphatic hydroxyl groups is 1. The molecule has 0 aliphatic heterocycles. The Morgan fingerprint density at radius 3 is 2.36 bits per heavy atom. The first kappa shape index (κ1) is 10.7. The van der Waals surface area contributed by atoms with Gasteiger partial charge in [-0.2, -0.15) is 0 Å². The molecular formula is C9H18O2. The number of ether oxygens (including phenoxy) is 1. The van der Waals surface area contributed by atoms with Crippen LogP contribution in [0.5, 0.6) is 0 Å². The summed E-state index contributed by atoms with van der Waals surface area (Å²) in [5, 5.41) is 9.70. The van der Waals surface area contributed by atoms with Crippen LogP contribution in [0.15, 0.2) is 12.7 Å². The van der Waals surface area contributed by atoms with E-state index in [2.05, 4.69) is 6.58 Å². The van der Waals surface area contributed by atoms with Crippen molar-refractivity contribution in [2.75, 3.05) is 13.2 Å². The van der Waals surface area contributed by atoms with Gasteiger partial charge in [0.15, 0.2) is 0 Å². The lowest BCUT2D eigenvalue weighted by molar-refractivity contribution is -0.0446. The number of hydrogen-bond donors (Lipinski definition) is 1. The van der Waals surface area contributed by atoms with Crippen molar-refractivity contribution >= 4 is 0 Å². The zero-order chi connectivity index (χ0) is 8.74. The molecular weight excluding hydrogens is 140 g/mol. The Morgan fingerprint density at radius 2 is 2.00 bits per heavy atom. The maximum Gasteiger partial charge on any atom is 0.0875 e. The molecule has 0 radical (unpaired) electrons. The molecule has 0 aromatic carbocycles. The van der Waals surface area contributed by atoms with Gasteiger partial charge in [-0.3, -0.25) is 0 Å². The van der Waals surface area contributed by atoms with Gasteiger partial charge in [0.25, 0.3) is 0 Å². The van der Waals surface area contributed by atoms with Crippen molar-refractivity contribution in [2.45, 2.75) is 32.3 Å². The van der Waals surface area contributed by atoms with Crippen molar-refractivity contribution in [2.24, 2.45) is 0 Å². The lowest BCUT2D eigenvalue weighted by Gasteiger charge is -2.24. The van der Waals surface area contributed by atoms with E-state index in [0.29, 0.717) is 13.2 Å². The fraction of sp³-hybridized carbons (Fsp3) is 0.778. The highest BCUT2D eigenvalue weighted by Crippen LogP contribution is 2.14. The van der Waals surface area contributed by atoms with Crippen molar-refractivity contribution < 1.29 is 9.84 Å². The van der Waals surface area contributed by atoms with Crippen LogP contribution in [-0.2, 0) is 4.74 Å². The van der Waals surface area contributed by atoms with E-state index >= 15 is 0 Å². The molecule has 0 aliphatic rings. The molecule has 0 aliphatic carbocycles. The van der Waals surface area contributed by atoms with E-state index in [4.69, 9.17) is 4.74 Å². The fourth-order valence-electron chi connectivity index (χ4n) is 0.786. The second-order valence-corrected chi connectivity index (χ2v) is 2.74. The van der Waals surface area contributed by atoms with E-state index in [1.54, 1.807) is 6.08 Å². The molecule has 0 rings (SSSR count). The van der Waals surface area contributed by atoms with Gasteiger partial charge in [0.1, 0.15) is 0 Å². The molecule has 0 heterocycles. The van der Waals surface area contributed by atoms with E-state index in [0.717, 1.165) is 12.8 Å². The van der Waals surface area contributed by atoms with Crippen LogP contribution < -0.4 is 0 Å². The van der Waals surface area contributed by atoms with Gasteiger partial charge in [0, 0.05) is 0 Å². The van der Waals surface area contributed by atoms with E-state index in [1.165, 1.54) is 0 Å². The third-order valence-corrected chi connectivity index (χ3v) is 1.92. The van der Waals surface area contributed by atoms with Crippen LogP contribution in [0, 0.1) is 0 Å². The van der Waals surface area contributed by atoms with E-state index in [9.17, 15) is 5.11 Å². The summed E-state index contributed by atoms with van der Waals surface area (Å²) in [7, 11) is 0. The molecule has 0 saturated heterocycles. The minimum Gasteiger partial charge on any atom is -0.388 e. The Balaban J connectivity index is 3.59. The summed E-state index contributed by atoms with van der Waals surface area (Å²) < 4.78 is 5.16. The third kappa shape index (κ3) is 4.17. The topological polar surface area (TPSA) is 29.5 Å². The fourth-order valence-corrected chi connectivity index (χ4v) is 0.786. The maximum absolute atomic E-state index is 9.70. The first-order valence-corrected chi connectivity index (χ1v) is 4.09. The maximum atomic E-state index is 9.70. The molecule has 66 valence electrons. The Labute approximate surface area is 68.9 Å². The SMILES string of the molecule is C=CCOCC(O)(CC)CC. The van der Waals surface area contributed by atoms with E-state index < -0.39 is 5.60 Å². The summed E-state index contributed by atoms with van der Waals surface area (Å²) in [5.41, 5.74) is -0.636. The summed E-state index contributed by atoms with van der Waals surface area (Å²) in [6, 6.07) is 0. The van der Waals surface area contributed by atoms with Gasteiger partial charge >= 0.3 is 0 Å². The molecule has 0 aromatic heterocycles. The first-order chi connectivity index (χ1) is 5.18. The van der Waals surface area contributed by atoms with Crippen molar-refractivity contribution in [3.8, 4) is 0 Å². The quantitative estimate of drug-likeness (QED) is 0.471. The molecule has 0 amide bonds. The molecule has 0 bridgehead atoms. The van der Waals surface area contributed by atoms with Crippen LogP contribution in [0.4, 0.5) is 0 Å². The van der Waals surface area contributed by atoms with E-state index in [1.807, 2.05) is 13.8 Å². The lowest BCUT2D eigenvalue weighted by atomic mass is 9.99. The zero-order valence-corrected chi connectivity index (χ0v) is 7.47. The second kappa shape index (κ2) is 5.33. The second-order valence-electron chi connectivity index (χ2n) is 2.74. The van der Waals surface area contributed by atoms with Crippen molar-refractivity contribution in [3.63, 3.8) is 0 Å². The standard InChI is InChI=1S/C9H18O2/c1-4-7-11-8-9(10,5-2)6-3/h4,10H,1,5-8H2,2-3H3. The Kier molecular flexibility index (Phi) is 5.16. The minimum absolute atomic E-state index is 0.409. The van der Waals surface area contributed by atoms with Gasteiger partial charge in [-0.1, -0.05) is 19.9 Å². The summed E-state index contributed by atoms with van der Waals surface area (Å²) in [6.07, 6.45) is 3.16. The van der Waals surface area contributed by atoms with Gasteiger partial charge < -0.3 is 9.84 Å². The van der Waals surface area contributed by atoms with Gasteiger partial charge in [0.2, 0.25) is 0 Å². The largest absolute Gasteiger partial charge is 0.388 e. The van der Waals surface area contributed by atoms with Crippen LogP contribution in [0.1, 0.15) is 26.7 Å². The Morgan fingerprint density at radius 1 is 1.45 bits per heavy atom. The average molecular weight is 158 g/mol. The van der Waals surface area contributed by atoms with Gasteiger partial charge in [0.05, 0.1) is 18.8 Å². The van der Waals surface area contributed by atoms with Crippen LogP contribution in [0.2, 0.25) is 0 Å². The predicted octanol–water partition coefficient (Wildman–Crippen LogP) is 1.74. The normalized spacial score (nSPS) is 11.5. The van der Waals surface area contributed by atoms with Gasteiger partial charge in [-0.15, -0.1) is 6.58 Å². The summed E-state index contributed by atoms with van der Waals surface area (Å²) in [4.78, 5) is 0. The van der Waals surface area contributed by atoms with E-state index in [-0.39, 0.29) is 0 Å². The highest BCUT2D eigenvalue weighted by Gasteiger charge is 2.21. The molecule has 2 heteroatoms. The molecule has 0 aromatic rings. The summed E-state index contributed by atoms with van der Waals surface area (Å²) >= 11 is 0. The monoisotopic (exact) mass is 158 g/mol. The van der Waals surface area contributed by atoms with Crippen LogP contribution in [0.3, 0.4) is 0 Å². The molecule has 0 saturated carbocycles. The van der Waals surface area contributed by atoms with Crippen molar-refractivity contribution in [3.05, 3.63) is 12.7 Å². The highest BCUT2D eigenvalue weighted by atomic mass is 16.5. The Hall–Kier alpha value is -0.340. The summed E-state index contributed by atoms with van der Waals surface area (Å²) in [6.45, 7) is 8.37. The molecule has 2 nitrogen and oxygen atoms in total. The molecule has 1 N–H and O–H groups in total. The zero-order valence-electron chi connectivity index (χ0n) is 7.47. The number of rotatable bonds is 6. The number of hydrogen-bond acceptors (Lipinski definition) is 2. The first-order valence-electron chi connectivity index (χ1n) is 4.09. The molecule has 0 fully saturated rings. The van der Waals surface area contributed by atoms with Crippen LogP contribution in [0.25, 0.3) is 0 Å². The average Bonchev–Trinajstić information content (AvgIpc) is 2.05. The highest BCUT2D eigenvalue weighted by molar-refractivity contribution is 4.75. The van der Waals surface area contributed by atoms with Crippen LogP contribution in [-0.4, -0.2) is 23.9 Å². The Bertz CT molecular complexity index is 106. The third-order valence-electron chi connectivity index (χ3n) is 1.92. The molecule has 0 unspecified atom stereocenters. The minimum atomic E-state index is -0.636. The van der Waals surface area contributed by atoms with Crippen molar-refractivity contribution in [1.82, 2.24) is 0 Å².